The van der Waals surface area contributed by atoms with E-state index in [1.54, 1.807) is 13.0 Å². The van der Waals surface area contributed by atoms with E-state index in [0.29, 0.717) is 23.4 Å². The molecule has 0 saturated heterocycles. The molecule has 0 aliphatic carbocycles. The highest BCUT2D eigenvalue weighted by molar-refractivity contribution is 6.32. The van der Waals surface area contributed by atoms with Crippen molar-refractivity contribution in [1.29, 1.82) is 0 Å². The van der Waals surface area contributed by atoms with E-state index in [9.17, 15) is 5.11 Å². The Morgan fingerprint density at radius 1 is 1.47 bits per heavy atom. The standard InChI is InChI=1S/C10H14Cl2N2O/c1-7(15)5-14(2)6-8-3-4-9(11)13-10(8)12/h3-4,7,15H,5-6H2,1-2H3. The average molecular weight is 249 g/mol. The maximum atomic E-state index is 9.20. The zero-order chi connectivity index (χ0) is 11.4. The van der Waals surface area contributed by atoms with E-state index in [0.717, 1.165) is 5.56 Å². The SMILES string of the molecule is CC(O)CN(C)Cc1ccc(Cl)nc1Cl. The van der Waals surface area contributed by atoms with Gasteiger partial charge in [0, 0.05) is 18.7 Å². The van der Waals surface area contributed by atoms with E-state index in [1.807, 2.05) is 18.0 Å². The second kappa shape index (κ2) is 5.66. The number of halogens is 2. The second-order valence-corrected chi connectivity index (χ2v) is 4.37. The van der Waals surface area contributed by atoms with Crippen molar-refractivity contribution in [3.8, 4) is 0 Å². The summed E-state index contributed by atoms with van der Waals surface area (Å²) in [7, 11) is 1.91. The summed E-state index contributed by atoms with van der Waals surface area (Å²) in [5, 5.41) is 10.0. The lowest BCUT2D eigenvalue weighted by molar-refractivity contribution is 0.138. The molecule has 0 radical (unpaired) electrons. The van der Waals surface area contributed by atoms with E-state index >= 15 is 0 Å². The number of rotatable bonds is 4. The van der Waals surface area contributed by atoms with Gasteiger partial charge in [0.05, 0.1) is 6.10 Å². The molecule has 84 valence electrons. The quantitative estimate of drug-likeness (QED) is 0.831. The number of hydrogen-bond donors (Lipinski definition) is 1. The molecule has 1 aromatic heterocycles. The van der Waals surface area contributed by atoms with Gasteiger partial charge in [0.15, 0.2) is 0 Å². The number of pyridine rings is 1. The molecule has 15 heavy (non-hydrogen) atoms. The molecule has 5 heteroatoms. The first kappa shape index (κ1) is 12.7. The third kappa shape index (κ3) is 4.34. The molecule has 1 heterocycles. The number of aromatic nitrogens is 1. The Morgan fingerprint density at radius 2 is 2.13 bits per heavy atom. The van der Waals surface area contributed by atoms with Gasteiger partial charge in [0.25, 0.3) is 0 Å². The van der Waals surface area contributed by atoms with Gasteiger partial charge in [-0.05, 0) is 20.0 Å². The van der Waals surface area contributed by atoms with Crippen LogP contribution in [0.3, 0.4) is 0 Å². The van der Waals surface area contributed by atoms with Gasteiger partial charge in [-0.3, -0.25) is 4.90 Å². The van der Waals surface area contributed by atoms with Crippen LogP contribution in [0.2, 0.25) is 10.3 Å². The van der Waals surface area contributed by atoms with Crippen molar-refractivity contribution in [3.63, 3.8) is 0 Å². The summed E-state index contributed by atoms with van der Waals surface area (Å²) in [5.74, 6) is 0. The Balaban J connectivity index is 2.64. The third-order valence-electron chi connectivity index (χ3n) is 1.91. The van der Waals surface area contributed by atoms with E-state index in [2.05, 4.69) is 4.98 Å². The van der Waals surface area contributed by atoms with Crippen molar-refractivity contribution in [3.05, 3.63) is 28.0 Å². The molecule has 0 aromatic carbocycles. The van der Waals surface area contributed by atoms with Crippen LogP contribution in [-0.4, -0.2) is 34.7 Å². The van der Waals surface area contributed by atoms with E-state index in [-0.39, 0.29) is 6.10 Å². The van der Waals surface area contributed by atoms with Crippen LogP contribution in [0.5, 0.6) is 0 Å². The minimum Gasteiger partial charge on any atom is -0.392 e. The van der Waals surface area contributed by atoms with Crippen LogP contribution in [0.15, 0.2) is 12.1 Å². The monoisotopic (exact) mass is 248 g/mol. The molecule has 0 aliphatic heterocycles. The predicted molar refractivity (Wildman–Crippen MR) is 62.3 cm³/mol. The van der Waals surface area contributed by atoms with Crippen LogP contribution < -0.4 is 0 Å². The van der Waals surface area contributed by atoms with E-state index < -0.39 is 0 Å². The lowest BCUT2D eigenvalue weighted by Gasteiger charge is -2.18. The summed E-state index contributed by atoms with van der Waals surface area (Å²) in [6.07, 6.45) is -0.353. The minimum atomic E-state index is -0.353. The zero-order valence-electron chi connectivity index (χ0n) is 8.74. The normalized spacial score (nSPS) is 13.2. The van der Waals surface area contributed by atoms with E-state index in [1.165, 1.54) is 0 Å². The van der Waals surface area contributed by atoms with Crippen LogP contribution in [0, 0.1) is 0 Å². The summed E-state index contributed by atoms with van der Waals surface area (Å²) < 4.78 is 0. The Morgan fingerprint density at radius 3 is 2.67 bits per heavy atom. The topological polar surface area (TPSA) is 36.4 Å². The fourth-order valence-electron chi connectivity index (χ4n) is 1.37. The second-order valence-electron chi connectivity index (χ2n) is 3.63. The smallest absolute Gasteiger partial charge is 0.135 e. The number of hydrogen-bond acceptors (Lipinski definition) is 3. The number of aliphatic hydroxyl groups is 1. The van der Waals surface area contributed by atoms with Gasteiger partial charge < -0.3 is 5.11 Å². The fourth-order valence-corrected chi connectivity index (χ4v) is 1.77. The molecule has 1 N–H and O–H groups in total. The molecule has 0 bridgehead atoms. The molecule has 1 aromatic rings. The van der Waals surface area contributed by atoms with Gasteiger partial charge in [-0.15, -0.1) is 0 Å². The van der Waals surface area contributed by atoms with Gasteiger partial charge in [-0.25, -0.2) is 4.98 Å². The van der Waals surface area contributed by atoms with E-state index in [4.69, 9.17) is 23.2 Å². The van der Waals surface area contributed by atoms with Crippen LogP contribution in [0.25, 0.3) is 0 Å². The van der Waals surface area contributed by atoms with Gasteiger partial charge in [-0.2, -0.15) is 0 Å². The van der Waals surface area contributed by atoms with Crippen molar-refractivity contribution in [1.82, 2.24) is 9.88 Å². The highest BCUT2D eigenvalue weighted by Crippen LogP contribution is 2.17. The minimum absolute atomic E-state index is 0.353. The van der Waals surface area contributed by atoms with Gasteiger partial charge in [0.2, 0.25) is 0 Å². The molecule has 1 rings (SSSR count). The van der Waals surface area contributed by atoms with Gasteiger partial charge in [-0.1, -0.05) is 29.3 Å². The Labute approximate surface area is 99.6 Å². The summed E-state index contributed by atoms with van der Waals surface area (Å²) >= 11 is 11.6. The molecule has 3 nitrogen and oxygen atoms in total. The third-order valence-corrected chi connectivity index (χ3v) is 2.45. The lowest BCUT2D eigenvalue weighted by atomic mass is 10.2. The molecular formula is C10H14Cl2N2O. The van der Waals surface area contributed by atoms with Gasteiger partial charge in [0.1, 0.15) is 10.3 Å². The predicted octanol–water partition coefficient (Wildman–Crippen LogP) is 2.20. The first-order valence-corrected chi connectivity index (χ1v) is 5.42. The van der Waals surface area contributed by atoms with Crippen molar-refractivity contribution in [2.45, 2.75) is 19.6 Å². The molecule has 1 unspecified atom stereocenters. The zero-order valence-corrected chi connectivity index (χ0v) is 10.3. The molecular weight excluding hydrogens is 235 g/mol. The molecule has 0 saturated carbocycles. The van der Waals surface area contributed by atoms with Crippen molar-refractivity contribution < 1.29 is 5.11 Å². The molecule has 0 aliphatic rings. The number of likely N-dealkylation sites (N-methyl/N-ethyl adjacent to an activating group) is 1. The maximum Gasteiger partial charge on any atom is 0.135 e. The Hall–Kier alpha value is -0.350. The summed E-state index contributed by atoms with van der Waals surface area (Å²) in [5.41, 5.74) is 0.907. The summed E-state index contributed by atoms with van der Waals surface area (Å²) in [4.78, 5) is 5.92. The first-order chi connectivity index (χ1) is 6.99. The lowest BCUT2D eigenvalue weighted by Crippen LogP contribution is -2.26. The van der Waals surface area contributed by atoms with Gasteiger partial charge >= 0.3 is 0 Å². The average Bonchev–Trinajstić information content (AvgIpc) is 2.08. The summed E-state index contributed by atoms with van der Waals surface area (Å²) in [6, 6.07) is 3.55. The highest BCUT2D eigenvalue weighted by atomic mass is 35.5. The number of nitrogens with zero attached hydrogens (tertiary/aromatic N) is 2. The molecule has 1 atom stereocenters. The molecule has 0 spiro atoms. The van der Waals surface area contributed by atoms with Crippen molar-refractivity contribution in [2.24, 2.45) is 0 Å². The first-order valence-electron chi connectivity index (χ1n) is 4.66. The maximum absolute atomic E-state index is 9.20. The Kier molecular flexibility index (Phi) is 4.80. The largest absolute Gasteiger partial charge is 0.392 e. The molecule has 0 fully saturated rings. The van der Waals surface area contributed by atoms with Crippen molar-refractivity contribution >= 4 is 23.2 Å². The van der Waals surface area contributed by atoms with Crippen LogP contribution in [-0.2, 0) is 6.54 Å². The summed E-state index contributed by atoms with van der Waals surface area (Å²) in [6.45, 7) is 2.99. The molecule has 0 amide bonds. The fraction of sp³-hybridized carbons (Fsp3) is 0.500. The number of aliphatic hydroxyl groups excluding tert-OH is 1. The highest BCUT2D eigenvalue weighted by Gasteiger charge is 2.07. The van der Waals surface area contributed by atoms with Crippen molar-refractivity contribution in [2.75, 3.05) is 13.6 Å². The Bertz CT molecular complexity index is 331. The van der Waals surface area contributed by atoms with Crippen LogP contribution in [0.1, 0.15) is 12.5 Å². The van der Waals surface area contributed by atoms with Crippen LogP contribution in [0.4, 0.5) is 0 Å². The van der Waals surface area contributed by atoms with Crippen LogP contribution >= 0.6 is 23.2 Å².